The normalized spacial score (nSPS) is 13.0. The molecule has 0 aliphatic rings. The summed E-state index contributed by atoms with van der Waals surface area (Å²) >= 11 is 0. The lowest BCUT2D eigenvalue weighted by Gasteiger charge is -2.26. The van der Waals surface area contributed by atoms with Crippen LogP contribution < -0.4 is 5.11 Å². The molecule has 0 rings (SSSR count). The van der Waals surface area contributed by atoms with E-state index in [4.69, 9.17) is 18.9 Å². The molecule has 47 heavy (non-hydrogen) atoms. The topological polar surface area (TPSA) is 111 Å². The summed E-state index contributed by atoms with van der Waals surface area (Å²) in [7, 11) is 5.90. The number of carboxylic acid groups (broad SMARTS) is 1. The second kappa shape index (κ2) is 31.6. The summed E-state index contributed by atoms with van der Waals surface area (Å²) in [5.41, 5.74) is 0. The Hall–Kier alpha value is -1.71. The van der Waals surface area contributed by atoms with Crippen molar-refractivity contribution in [1.82, 2.24) is 0 Å². The van der Waals surface area contributed by atoms with E-state index in [0.717, 1.165) is 38.5 Å². The van der Waals surface area contributed by atoms with Crippen molar-refractivity contribution in [2.45, 2.75) is 180 Å². The number of carbonyl (C=O) groups is 3. The highest BCUT2D eigenvalue weighted by atomic mass is 16.7. The molecule has 0 aromatic heterocycles. The summed E-state index contributed by atoms with van der Waals surface area (Å²) in [6.45, 7) is 4.71. The van der Waals surface area contributed by atoms with Gasteiger partial charge in [-0.05, 0) is 12.8 Å². The van der Waals surface area contributed by atoms with Gasteiger partial charge < -0.3 is 33.3 Å². The number of hydrogen-bond acceptors (Lipinski definition) is 8. The molecule has 278 valence electrons. The summed E-state index contributed by atoms with van der Waals surface area (Å²) in [6, 6.07) is 0. The number of ether oxygens (including phenoxy) is 4. The molecule has 2 unspecified atom stereocenters. The zero-order chi connectivity index (χ0) is 35.0. The van der Waals surface area contributed by atoms with E-state index >= 15 is 0 Å². The minimum Gasteiger partial charge on any atom is -0.545 e. The van der Waals surface area contributed by atoms with Crippen LogP contribution in [0.4, 0.5) is 0 Å². The average molecular weight is 672 g/mol. The van der Waals surface area contributed by atoms with Crippen LogP contribution in [0.2, 0.25) is 0 Å². The van der Waals surface area contributed by atoms with E-state index in [-0.39, 0.29) is 32.2 Å². The first-order valence-corrected chi connectivity index (χ1v) is 19.2. The largest absolute Gasteiger partial charge is 0.545 e. The molecule has 0 N–H and O–H groups in total. The zero-order valence-electron chi connectivity index (χ0n) is 31.2. The summed E-state index contributed by atoms with van der Waals surface area (Å²) in [4.78, 5) is 36.7. The maximum Gasteiger partial charge on any atom is 0.306 e. The molecule has 2 atom stereocenters. The Morgan fingerprint density at radius 1 is 0.553 bits per heavy atom. The average Bonchev–Trinajstić information content (AvgIpc) is 3.02. The predicted molar refractivity (Wildman–Crippen MR) is 187 cm³/mol. The van der Waals surface area contributed by atoms with Crippen LogP contribution in [0.25, 0.3) is 0 Å². The van der Waals surface area contributed by atoms with Crippen LogP contribution in [-0.4, -0.2) is 82.3 Å². The maximum absolute atomic E-state index is 12.6. The van der Waals surface area contributed by atoms with E-state index in [1.165, 1.54) is 103 Å². The minimum absolute atomic E-state index is 0.152. The van der Waals surface area contributed by atoms with Crippen molar-refractivity contribution in [3.05, 3.63) is 0 Å². The molecule has 0 spiro atoms. The third kappa shape index (κ3) is 32.6. The molecule has 0 aliphatic heterocycles. The Balaban J connectivity index is 4.53. The molecule has 0 radical (unpaired) electrons. The van der Waals surface area contributed by atoms with Gasteiger partial charge in [0.25, 0.3) is 0 Å². The van der Waals surface area contributed by atoms with Gasteiger partial charge in [-0.2, -0.15) is 0 Å². The van der Waals surface area contributed by atoms with Crippen LogP contribution in [0.1, 0.15) is 168 Å². The maximum atomic E-state index is 12.6. The first kappa shape index (κ1) is 45.3. The Labute approximate surface area is 288 Å². The van der Waals surface area contributed by atoms with Crippen LogP contribution in [0.5, 0.6) is 0 Å². The highest BCUT2D eigenvalue weighted by Gasteiger charge is 2.21. The second-order valence-electron chi connectivity index (χ2n) is 14.2. The number of carboxylic acids is 1. The van der Waals surface area contributed by atoms with Gasteiger partial charge in [-0.25, -0.2) is 0 Å². The molecule has 0 bridgehead atoms. The minimum atomic E-state index is -1.61. The molecule has 0 amide bonds. The van der Waals surface area contributed by atoms with Gasteiger partial charge >= 0.3 is 11.9 Å². The number of rotatable bonds is 35. The van der Waals surface area contributed by atoms with Gasteiger partial charge in [0, 0.05) is 12.8 Å². The van der Waals surface area contributed by atoms with Crippen LogP contribution in [0, 0.1) is 0 Å². The molecule has 0 saturated carbocycles. The monoisotopic (exact) mass is 672 g/mol. The van der Waals surface area contributed by atoms with Gasteiger partial charge in [0.05, 0.1) is 40.3 Å². The van der Waals surface area contributed by atoms with E-state index in [9.17, 15) is 19.5 Å². The lowest BCUT2D eigenvalue weighted by Crippen LogP contribution is -2.44. The molecule has 0 aromatic carbocycles. The molecule has 0 fully saturated rings. The van der Waals surface area contributed by atoms with Crippen molar-refractivity contribution >= 4 is 17.9 Å². The Morgan fingerprint density at radius 3 is 1.36 bits per heavy atom. The summed E-state index contributed by atoms with van der Waals surface area (Å²) in [6.07, 6.45) is 24.2. The fourth-order valence-electron chi connectivity index (χ4n) is 5.30. The summed E-state index contributed by atoms with van der Waals surface area (Å²) in [5, 5.41) is 11.6. The summed E-state index contributed by atoms with van der Waals surface area (Å²) in [5.74, 6) is -2.28. The first-order valence-electron chi connectivity index (χ1n) is 19.2. The van der Waals surface area contributed by atoms with E-state index < -0.39 is 24.3 Å². The van der Waals surface area contributed by atoms with Crippen LogP contribution in [-0.2, 0) is 33.3 Å². The predicted octanol–water partition coefficient (Wildman–Crippen LogP) is 7.66. The Kier molecular flexibility index (Phi) is 30.4. The number of aliphatic carboxylic acids is 1. The fourth-order valence-corrected chi connectivity index (χ4v) is 5.30. The van der Waals surface area contributed by atoms with Gasteiger partial charge in [0.1, 0.15) is 13.2 Å². The molecule has 9 heteroatoms. The quantitative estimate of drug-likeness (QED) is 0.0292. The number of esters is 2. The molecule has 0 aliphatic carbocycles. The molecule has 9 nitrogen and oxygen atoms in total. The number of nitrogens with zero attached hydrogens (tertiary/aromatic N) is 1. The van der Waals surface area contributed by atoms with Gasteiger partial charge in [0.2, 0.25) is 0 Å². The summed E-state index contributed by atoms with van der Waals surface area (Å²) < 4.78 is 22.4. The number of carbonyl (C=O) groups excluding carboxylic acids is 3. The van der Waals surface area contributed by atoms with Crippen molar-refractivity contribution in [2.24, 2.45) is 0 Å². The molecule has 0 heterocycles. The van der Waals surface area contributed by atoms with Crippen molar-refractivity contribution in [1.29, 1.82) is 0 Å². The SMILES string of the molecule is CCCCCCCCCCCCCCC(=O)OC(COC(=O)CCCCCCCCCCCC)COC(OCC[N+](C)(C)C)C(=O)[O-]. The lowest BCUT2D eigenvalue weighted by molar-refractivity contribution is -0.870. The van der Waals surface area contributed by atoms with Gasteiger partial charge in [-0.15, -0.1) is 0 Å². The van der Waals surface area contributed by atoms with Gasteiger partial charge in [-0.1, -0.05) is 142 Å². The number of unbranched alkanes of at least 4 members (excludes halogenated alkanes) is 20. The number of hydrogen-bond donors (Lipinski definition) is 0. The van der Waals surface area contributed by atoms with Crippen molar-refractivity contribution in [3.8, 4) is 0 Å². The third-order valence-corrected chi connectivity index (χ3v) is 8.35. The first-order chi connectivity index (χ1) is 22.6. The zero-order valence-corrected chi connectivity index (χ0v) is 31.2. The van der Waals surface area contributed by atoms with Crippen molar-refractivity contribution in [2.75, 3.05) is 47.5 Å². The van der Waals surface area contributed by atoms with E-state index in [1.807, 2.05) is 21.1 Å². The smallest absolute Gasteiger partial charge is 0.306 e. The van der Waals surface area contributed by atoms with Crippen LogP contribution in [0.3, 0.4) is 0 Å². The highest BCUT2D eigenvalue weighted by molar-refractivity contribution is 5.70. The number of likely N-dealkylation sites (N-methyl/N-ethyl adjacent to an activating group) is 1. The molecule has 0 aromatic rings. The van der Waals surface area contributed by atoms with Crippen LogP contribution in [0.15, 0.2) is 0 Å². The highest BCUT2D eigenvalue weighted by Crippen LogP contribution is 2.14. The fraction of sp³-hybridized carbons (Fsp3) is 0.921. The molecular formula is C38H73NO8. The second-order valence-corrected chi connectivity index (χ2v) is 14.2. The van der Waals surface area contributed by atoms with E-state index in [2.05, 4.69) is 13.8 Å². The van der Waals surface area contributed by atoms with Crippen molar-refractivity contribution < 1.29 is 42.9 Å². The molecular weight excluding hydrogens is 598 g/mol. The Morgan fingerprint density at radius 2 is 0.957 bits per heavy atom. The lowest BCUT2D eigenvalue weighted by atomic mass is 10.0. The number of quaternary nitrogens is 1. The van der Waals surface area contributed by atoms with E-state index in [1.54, 1.807) is 0 Å². The van der Waals surface area contributed by atoms with Gasteiger partial charge in [0.15, 0.2) is 12.4 Å². The van der Waals surface area contributed by atoms with Gasteiger partial charge in [-0.3, -0.25) is 9.59 Å². The van der Waals surface area contributed by atoms with Crippen molar-refractivity contribution in [3.63, 3.8) is 0 Å². The third-order valence-electron chi connectivity index (χ3n) is 8.35. The molecule has 0 saturated heterocycles. The standard InChI is InChI=1S/C38H73NO8/c1-6-8-10-12-14-16-18-19-21-23-25-27-29-36(41)47-34(33-46-38(37(42)43)44-31-30-39(3,4)5)32-45-35(40)28-26-24-22-20-17-15-13-11-9-7-2/h34,38H,6-33H2,1-5H3. The van der Waals surface area contributed by atoms with E-state index in [0.29, 0.717) is 17.4 Å². The van der Waals surface area contributed by atoms with Crippen LogP contribution >= 0.6 is 0 Å². The Bertz CT molecular complexity index is 754.